The molecule has 3 saturated heterocycles. The predicted octanol–water partition coefficient (Wildman–Crippen LogP) is 4.51. The summed E-state index contributed by atoms with van der Waals surface area (Å²) < 4.78 is 22.8. The fraction of sp³-hybridized carbons (Fsp3) is 0.531. The van der Waals surface area contributed by atoms with Crippen LogP contribution in [0.1, 0.15) is 50.2 Å². The van der Waals surface area contributed by atoms with E-state index in [0.29, 0.717) is 25.1 Å². The molecule has 2 aromatic carbocycles. The van der Waals surface area contributed by atoms with Gasteiger partial charge >= 0.3 is 0 Å². The molecule has 10 heteroatoms. The number of ether oxygens (including phenoxy) is 1. The molecule has 0 aliphatic carbocycles. The number of hydrogen-bond acceptors (Lipinski definition) is 5. The number of likely N-dealkylation sites (tertiary alicyclic amines) is 1. The van der Waals surface area contributed by atoms with Crippen LogP contribution >= 0.6 is 0 Å². The Balaban J connectivity index is 1.33. The van der Waals surface area contributed by atoms with Crippen molar-refractivity contribution in [2.75, 3.05) is 29.5 Å². The molecule has 224 valence electrons. The van der Waals surface area contributed by atoms with Crippen molar-refractivity contribution < 1.29 is 28.3 Å². The number of carbonyl (C=O) groups excluding carboxylic acids is 3. The number of benzene rings is 2. The summed E-state index contributed by atoms with van der Waals surface area (Å²) in [6.45, 7) is 6.59. The highest BCUT2D eigenvalue weighted by atomic mass is 28.4. The van der Waals surface area contributed by atoms with Crippen molar-refractivity contribution in [3.8, 4) is 0 Å². The Labute approximate surface area is 247 Å². The first-order valence-electron chi connectivity index (χ1n) is 15.1. The summed E-state index contributed by atoms with van der Waals surface area (Å²) in [6.07, 6.45) is 2.17. The lowest BCUT2D eigenvalue weighted by Gasteiger charge is -2.31. The molecule has 8 nitrogen and oxygen atoms in total. The maximum absolute atomic E-state index is 16.1. The van der Waals surface area contributed by atoms with Gasteiger partial charge in [0, 0.05) is 42.2 Å². The van der Waals surface area contributed by atoms with Gasteiger partial charge in [-0.2, -0.15) is 0 Å². The van der Waals surface area contributed by atoms with Gasteiger partial charge in [-0.05, 0) is 56.1 Å². The van der Waals surface area contributed by atoms with Gasteiger partial charge in [-0.1, -0.05) is 37.3 Å². The Hall–Kier alpha value is -3.08. The second kappa shape index (κ2) is 10.9. The van der Waals surface area contributed by atoms with Crippen molar-refractivity contribution in [1.29, 1.82) is 0 Å². The highest BCUT2D eigenvalue weighted by Crippen LogP contribution is 2.60. The summed E-state index contributed by atoms with van der Waals surface area (Å²) in [5.74, 6) is -0.786. The van der Waals surface area contributed by atoms with Gasteiger partial charge in [-0.15, -0.1) is 0 Å². The third-order valence-electron chi connectivity index (χ3n) is 9.79. The van der Waals surface area contributed by atoms with Crippen molar-refractivity contribution in [3.63, 3.8) is 0 Å². The van der Waals surface area contributed by atoms with Crippen LogP contribution in [0.4, 0.5) is 15.5 Å². The molecule has 0 saturated carbocycles. The van der Waals surface area contributed by atoms with E-state index < -0.39 is 31.6 Å². The van der Waals surface area contributed by atoms with Crippen LogP contribution in [0.3, 0.4) is 0 Å². The van der Waals surface area contributed by atoms with Crippen LogP contribution in [0.15, 0.2) is 48.5 Å². The average Bonchev–Trinajstić information content (AvgIpc) is 3.72. The van der Waals surface area contributed by atoms with Crippen LogP contribution in [0.25, 0.3) is 0 Å². The van der Waals surface area contributed by atoms with Gasteiger partial charge in [0.2, 0.25) is 20.2 Å². The minimum absolute atomic E-state index is 0.0189. The molecule has 2 aromatic rings. The van der Waals surface area contributed by atoms with E-state index in [1.165, 1.54) is 0 Å². The number of carbonyl (C=O) groups is 3. The number of amides is 3. The summed E-state index contributed by atoms with van der Waals surface area (Å²) in [4.78, 5) is 45.6. The maximum Gasteiger partial charge on any atom is 0.264 e. The molecule has 1 N–H and O–H groups in total. The van der Waals surface area contributed by atoms with Crippen LogP contribution in [-0.4, -0.2) is 68.0 Å². The number of halogens is 1. The molecular weight excluding hydrogens is 553 g/mol. The van der Waals surface area contributed by atoms with Gasteiger partial charge in [0.15, 0.2) is 5.60 Å². The van der Waals surface area contributed by atoms with E-state index in [0.717, 1.165) is 36.2 Å². The number of aliphatic hydroxyl groups excluding tert-OH is 1. The first-order chi connectivity index (χ1) is 20.1. The van der Waals surface area contributed by atoms with E-state index in [2.05, 4.69) is 0 Å². The summed E-state index contributed by atoms with van der Waals surface area (Å²) in [7, 11) is -3.41. The minimum Gasteiger partial charge on any atom is -0.394 e. The first-order valence-corrected chi connectivity index (χ1v) is 18.1. The molecule has 3 fully saturated rings. The Morgan fingerprint density at radius 1 is 1.12 bits per heavy atom. The molecule has 1 spiro atoms. The lowest BCUT2D eigenvalue weighted by molar-refractivity contribution is -0.150. The average molecular weight is 594 g/mol. The van der Waals surface area contributed by atoms with Crippen molar-refractivity contribution in [2.45, 2.75) is 82.0 Å². The van der Waals surface area contributed by atoms with Gasteiger partial charge in [0.1, 0.15) is 0 Å². The predicted molar refractivity (Wildman–Crippen MR) is 160 cm³/mol. The van der Waals surface area contributed by atoms with Crippen LogP contribution in [0.5, 0.6) is 0 Å². The smallest absolute Gasteiger partial charge is 0.264 e. The molecule has 4 heterocycles. The fourth-order valence-corrected chi connectivity index (χ4v) is 10.4. The largest absolute Gasteiger partial charge is 0.394 e. The quantitative estimate of drug-likeness (QED) is 0.377. The molecule has 0 unspecified atom stereocenters. The maximum atomic E-state index is 16.1. The zero-order chi connectivity index (χ0) is 29.8. The van der Waals surface area contributed by atoms with Crippen molar-refractivity contribution in [1.82, 2.24) is 4.90 Å². The fourth-order valence-electron chi connectivity index (χ4n) is 7.93. The van der Waals surface area contributed by atoms with Crippen LogP contribution in [0, 0.1) is 5.92 Å². The third-order valence-corrected chi connectivity index (χ3v) is 12.2. The lowest BCUT2D eigenvalue weighted by atomic mass is 9.82. The number of nitrogens with zero attached hydrogens (tertiary/aromatic N) is 3. The van der Waals surface area contributed by atoms with Gasteiger partial charge in [0.25, 0.3) is 5.91 Å². The zero-order valence-corrected chi connectivity index (χ0v) is 25.6. The normalized spacial score (nSPS) is 29.3. The summed E-state index contributed by atoms with van der Waals surface area (Å²) in [5.41, 5.74) is 1.17. The number of fused-ring (bicyclic) bond motifs is 2. The van der Waals surface area contributed by atoms with E-state index >= 15 is 4.11 Å². The van der Waals surface area contributed by atoms with E-state index in [9.17, 15) is 19.5 Å². The molecule has 0 aromatic heterocycles. The number of anilines is 2. The minimum atomic E-state index is -3.41. The second-order valence-electron chi connectivity index (χ2n) is 12.8. The van der Waals surface area contributed by atoms with E-state index in [1.54, 1.807) is 27.8 Å². The Morgan fingerprint density at radius 3 is 2.62 bits per heavy atom. The number of aliphatic hydroxyl groups is 1. The first kappa shape index (κ1) is 29.0. The highest BCUT2D eigenvalue weighted by molar-refractivity contribution is 6.72. The topological polar surface area (TPSA) is 90.4 Å². The standard InChI is InChI=1S/C32H40FN3O5Si/c1-21-30(42(2,3)33)27(18-29(39)35-15-7-11-24(35)20-37)41-32(21)25-12-4-5-13-26(25)36(31(32)40)19-22-9-6-10-23(17-22)34-16-8-14-28(34)38/h4-6,9-10,12-13,17,21,24,27,30,37H,7-8,11,14-16,18-20H2,1-3H3/t21-,24+,27+,30-,32+/m1/s1. The Kier molecular flexibility index (Phi) is 7.51. The zero-order valence-electron chi connectivity index (χ0n) is 24.6. The SMILES string of the molecule is C[C@@H]1[C@@H]([Si](C)(C)F)[C@H](CC(=O)N2CCC[C@H]2CO)O[C@@]12C(=O)N(Cc1cccc(N3CCCC3=O)c1)c1ccccc12. The van der Waals surface area contributed by atoms with Gasteiger partial charge in [-0.25, -0.2) is 0 Å². The van der Waals surface area contributed by atoms with Crippen molar-refractivity contribution >= 4 is 37.5 Å². The Bertz CT molecular complexity index is 1400. The number of rotatable bonds is 7. The molecule has 3 amide bonds. The molecule has 0 bridgehead atoms. The molecule has 6 rings (SSSR count). The molecular formula is C32H40FN3O5Si. The Morgan fingerprint density at radius 2 is 1.90 bits per heavy atom. The third kappa shape index (κ3) is 4.68. The monoisotopic (exact) mass is 593 g/mol. The second-order valence-corrected chi connectivity index (χ2v) is 16.6. The van der Waals surface area contributed by atoms with Crippen LogP contribution in [0.2, 0.25) is 18.6 Å². The van der Waals surface area contributed by atoms with Gasteiger partial charge < -0.3 is 28.7 Å². The highest BCUT2D eigenvalue weighted by Gasteiger charge is 2.67. The van der Waals surface area contributed by atoms with Crippen molar-refractivity contribution in [2.24, 2.45) is 5.92 Å². The van der Waals surface area contributed by atoms with Crippen LogP contribution in [-0.2, 0) is 31.3 Å². The lowest BCUT2D eigenvalue weighted by Crippen LogP contribution is -2.45. The van der Waals surface area contributed by atoms with E-state index in [-0.39, 0.29) is 43.3 Å². The molecule has 42 heavy (non-hydrogen) atoms. The van der Waals surface area contributed by atoms with E-state index in [4.69, 9.17) is 4.74 Å². The van der Waals surface area contributed by atoms with Crippen LogP contribution < -0.4 is 9.80 Å². The summed E-state index contributed by atoms with van der Waals surface area (Å²) in [5, 5.41) is 9.78. The molecule has 0 radical (unpaired) electrons. The summed E-state index contributed by atoms with van der Waals surface area (Å²) in [6, 6.07) is 15.0. The number of hydrogen-bond donors (Lipinski definition) is 1. The summed E-state index contributed by atoms with van der Waals surface area (Å²) >= 11 is 0. The van der Waals surface area contributed by atoms with Gasteiger partial charge in [0.05, 0.1) is 37.4 Å². The molecule has 5 atom stereocenters. The van der Waals surface area contributed by atoms with Gasteiger partial charge in [-0.3, -0.25) is 14.4 Å². The molecule has 4 aliphatic heterocycles. The van der Waals surface area contributed by atoms with E-state index in [1.807, 2.05) is 55.5 Å². The van der Waals surface area contributed by atoms with Crippen molar-refractivity contribution in [3.05, 3.63) is 59.7 Å². The number of para-hydroxylation sites is 1. The molecule has 4 aliphatic rings.